The van der Waals surface area contributed by atoms with Gasteiger partial charge in [0.2, 0.25) is 0 Å². The molecule has 0 aromatic carbocycles. The summed E-state index contributed by atoms with van der Waals surface area (Å²) in [6.45, 7) is 2.08. The zero-order chi connectivity index (χ0) is 13.0. The maximum Gasteiger partial charge on any atom is 0.287 e. The number of rotatable bonds is 3. The number of aromatic nitrogens is 1. The van der Waals surface area contributed by atoms with Crippen molar-refractivity contribution in [3.8, 4) is 0 Å². The summed E-state index contributed by atoms with van der Waals surface area (Å²) in [6, 6.07) is 3.68. The lowest BCUT2D eigenvalue weighted by Gasteiger charge is -2.27. The molecule has 0 bridgehead atoms. The molecular weight excluding hydrogens is 232 g/mol. The van der Waals surface area contributed by atoms with Crippen LogP contribution in [0.4, 0.5) is 11.5 Å². The molecular formula is C12H18N4O2. The van der Waals surface area contributed by atoms with E-state index in [0.717, 1.165) is 38.2 Å². The van der Waals surface area contributed by atoms with Crippen LogP contribution in [-0.2, 0) is 0 Å². The van der Waals surface area contributed by atoms with Gasteiger partial charge in [-0.3, -0.25) is 10.1 Å². The van der Waals surface area contributed by atoms with Crippen LogP contribution in [0.5, 0.6) is 0 Å². The second kappa shape index (κ2) is 5.77. The molecule has 0 saturated carbocycles. The van der Waals surface area contributed by atoms with E-state index in [-0.39, 0.29) is 5.69 Å². The van der Waals surface area contributed by atoms with E-state index < -0.39 is 4.92 Å². The Balaban J connectivity index is 2.07. The molecule has 1 fully saturated rings. The Morgan fingerprint density at radius 3 is 2.94 bits per heavy atom. The summed E-state index contributed by atoms with van der Waals surface area (Å²) in [5.41, 5.74) is 0.0367. The van der Waals surface area contributed by atoms with Gasteiger partial charge in [0.25, 0.3) is 5.69 Å². The molecule has 0 amide bonds. The van der Waals surface area contributed by atoms with Crippen molar-refractivity contribution in [2.24, 2.45) is 0 Å². The molecule has 0 radical (unpaired) electrons. The number of anilines is 1. The third-order valence-corrected chi connectivity index (χ3v) is 3.40. The Bertz CT molecular complexity index is 399. The van der Waals surface area contributed by atoms with Crippen LogP contribution in [0, 0.1) is 10.1 Å². The summed E-state index contributed by atoms with van der Waals surface area (Å²) >= 11 is 0. The molecule has 1 unspecified atom stereocenters. The van der Waals surface area contributed by atoms with E-state index in [9.17, 15) is 10.1 Å². The van der Waals surface area contributed by atoms with Crippen molar-refractivity contribution < 1.29 is 4.92 Å². The molecule has 18 heavy (non-hydrogen) atoms. The molecule has 0 spiro atoms. The first kappa shape index (κ1) is 12.8. The molecule has 1 aromatic rings. The second-order valence-electron chi connectivity index (χ2n) is 4.58. The first-order chi connectivity index (χ1) is 8.68. The Hall–Kier alpha value is -1.69. The van der Waals surface area contributed by atoms with Crippen molar-refractivity contribution >= 4 is 11.5 Å². The fraction of sp³-hybridized carbons (Fsp3) is 0.583. The molecule has 1 saturated heterocycles. The molecule has 6 nitrogen and oxygen atoms in total. The molecule has 6 heteroatoms. The highest BCUT2D eigenvalue weighted by molar-refractivity contribution is 5.43. The number of nitro groups is 1. The van der Waals surface area contributed by atoms with Gasteiger partial charge in [0.15, 0.2) is 0 Å². The Kier molecular flexibility index (Phi) is 4.09. The van der Waals surface area contributed by atoms with E-state index in [1.165, 1.54) is 12.3 Å². The highest BCUT2D eigenvalue weighted by Gasteiger charge is 2.18. The van der Waals surface area contributed by atoms with Crippen LogP contribution in [-0.4, -0.2) is 36.1 Å². The van der Waals surface area contributed by atoms with E-state index in [1.54, 1.807) is 6.07 Å². The third-order valence-electron chi connectivity index (χ3n) is 3.40. The molecule has 1 aromatic heterocycles. The molecule has 0 aliphatic carbocycles. The van der Waals surface area contributed by atoms with Gasteiger partial charge in [0, 0.05) is 19.2 Å². The zero-order valence-electron chi connectivity index (χ0n) is 10.5. The van der Waals surface area contributed by atoms with Gasteiger partial charge < -0.3 is 10.2 Å². The smallest absolute Gasteiger partial charge is 0.287 e. The van der Waals surface area contributed by atoms with Crippen LogP contribution in [0.2, 0.25) is 0 Å². The standard InChI is InChI=1S/C12H18N4O2/c1-15(10-3-2-7-13-8-6-10)12-5-4-11(9-14-12)16(17)18/h4-5,9-10,13H,2-3,6-8H2,1H3. The number of pyridine rings is 1. The first-order valence-corrected chi connectivity index (χ1v) is 6.22. The minimum Gasteiger partial charge on any atom is -0.357 e. The lowest BCUT2D eigenvalue weighted by molar-refractivity contribution is -0.385. The number of nitrogens with zero attached hydrogens (tertiary/aromatic N) is 3. The maximum absolute atomic E-state index is 10.6. The minimum absolute atomic E-state index is 0.0367. The monoisotopic (exact) mass is 250 g/mol. The van der Waals surface area contributed by atoms with Gasteiger partial charge in [-0.25, -0.2) is 4.98 Å². The van der Waals surface area contributed by atoms with Gasteiger partial charge in [-0.05, 0) is 38.4 Å². The summed E-state index contributed by atoms with van der Waals surface area (Å²) in [5, 5.41) is 13.9. The Labute approximate surface area is 106 Å². The number of hydrogen-bond donors (Lipinski definition) is 1. The van der Waals surface area contributed by atoms with E-state index >= 15 is 0 Å². The van der Waals surface area contributed by atoms with Gasteiger partial charge in [-0.1, -0.05) is 0 Å². The maximum atomic E-state index is 10.6. The van der Waals surface area contributed by atoms with Gasteiger partial charge in [-0.15, -0.1) is 0 Å². The van der Waals surface area contributed by atoms with E-state index in [0.29, 0.717) is 6.04 Å². The zero-order valence-corrected chi connectivity index (χ0v) is 10.5. The number of nitrogens with one attached hydrogen (secondary N) is 1. The fourth-order valence-corrected chi connectivity index (χ4v) is 2.27. The summed E-state index contributed by atoms with van der Waals surface area (Å²) in [6.07, 6.45) is 4.68. The van der Waals surface area contributed by atoms with E-state index in [4.69, 9.17) is 0 Å². The average molecular weight is 250 g/mol. The molecule has 1 aliphatic rings. The molecule has 1 atom stereocenters. The largest absolute Gasteiger partial charge is 0.357 e. The van der Waals surface area contributed by atoms with Crippen molar-refractivity contribution in [3.05, 3.63) is 28.4 Å². The highest BCUT2D eigenvalue weighted by atomic mass is 16.6. The third kappa shape index (κ3) is 2.95. The van der Waals surface area contributed by atoms with Gasteiger partial charge in [0.1, 0.15) is 12.0 Å². The Morgan fingerprint density at radius 1 is 1.44 bits per heavy atom. The van der Waals surface area contributed by atoms with Crippen molar-refractivity contribution in [1.29, 1.82) is 0 Å². The molecule has 98 valence electrons. The lowest BCUT2D eigenvalue weighted by atomic mass is 10.1. The molecule has 2 heterocycles. The number of hydrogen-bond acceptors (Lipinski definition) is 5. The predicted octanol–water partition coefficient (Wildman–Crippen LogP) is 1.57. The van der Waals surface area contributed by atoms with E-state index in [1.807, 2.05) is 7.05 Å². The van der Waals surface area contributed by atoms with Crippen LogP contribution < -0.4 is 10.2 Å². The van der Waals surface area contributed by atoms with Crippen LogP contribution in [0.1, 0.15) is 19.3 Å². The molecule has 1 aliphatic heterocycles. The minimum atomic E-state index is -0.424. The molecule has 1 N–H and O–H groups in total. The van der Waals surface area contributed by atoms with Crippen LogP contribution in [0.15, 0.2) is 18.3 Å². The summed E-state index contributed by atoms with van der Waals surface area (Å²) in [4.78, 5) is 16.4. The summed E-state index contributed by atoms with van der Waals surface area (Å²) in [7, 11) is 2.00. The van der Waals surface area contributed by atoms with Crippen molar-refractivity contribution in [2.45, 2.75) is 25.3 Å². The van der Waals surface area contributed by atoms with Crippen LogP contribution in [0.25, 0.3) is 0 Å². The normalized spacial score (nSPS) is 20.2. The van der Waals surface area contributed by atoms with Crippen LogP contribution >= 0.6 is 0 Å². The van der Waals surface area contributed by atoms with Crippen molar-refractivity contribution in [2.75, 3.05) is 25.0 Å². The van der Waals surface area contributed by atoms with Gasteiger partial charge >= 0.3 is 0 Å². The summed E-state index contributed by atoms with van der Waals surface area (Å²) in [5.74, 6) is 0.799. The topological polar surface area (TPSA) is 71.3 Å². The second-order valence-corrected chi connectivity index (χ2v) is 4.58. The average Bonchev–Trinajstić information content (AvgIpc) is 2.67. The first-order valence-electron chi connectivity index (χ1n) is 6.22. The quantitative estimate of drug-likeness (QED) is 0.651. The van der Waals surface area contributed by atoms with Gasteiger partial charge in [-0.2, -0.15) is 0 Å². The SMILES string of the molecule is CN(c1ccc([N+](=O)[O-])cn1)C1CCCNCC1. The highest BCUT2D eigenvalue weighted by Crippen LogP contribution is 2.20. The summed E-state index contributed by atoms with van der Waals surface area (Å²) < 4.78 is 0. The van der Waals surface area contributed by atoms with Crippen LogP contribution in [0.3, 0.4) is 0 Å². The van der Waals surface area contributed by atoms with E-state index in [2.05, 4.69) is 15.2 Å². The predicted molar refractivity (Wildman–Crippen MR) is 69.8 cm³/mol. The van der Waals surface area contributed by atoms with Crippen molar-refractivity contribution in [1.82, 2.24) is 10.3 Å². The van der Waals surface area contributed by atoms with Gasteiger partial charge in [0.05, 0.1) is 4.92 Å². The lowest BCUT2D eigenvalue weighted by Crippen LogP contribution is -2.32. The fourth-order valence-electron chi connectivity index (χ4n) is 2.27. The Morgan fingerprint density at radius 2 is 2.28 bits per heavy atom. The molecule has 2 rings (SSSR count). The van der Waals surface area contributed by atoms with Crippen molar-refractivity contribution in [3.63, 3.8) is 0 Å².